The second kappa shape index (κ2) is 10.7. The third-order valence-corrected chi connectivity index (χ3v) is 3.23. The maximum absolute atomic E-state index is 11.9. The lowest BCUT2D eigenvalue weighted by Crippen LogP contribution is -2.24. The largest absolute Gasteiger partial charge is 0.550 e. The summed E-state index contributed by atoms with van der Waals surface area (Å²) in [6.45, 7) is 3.34. The van der Waals surface area contributed by atoms with Crippen molar-refractivity contribution < 1.29 is 19.4 Å². The van der Waals surface area contributed by atoms with Gasteiger partial charge in [-0.05, 0) is 49.9 Å². The average molecular weight is 306 g/mol. The second-order valence-corrected chi connectivity index (χ2v) is 5.16. The molecule has 0 heterocycles. The summed E-state index contributed by atoms with van der Waals surface area (Å²) in [5.41, 5.74) is 0.595. The monoisotopic (exact) mass is 306 g/mol. The Morgan fingerprint density at radius 2 is 1.82 bits per heavy atom. The fraction of sp³-hybridized carbons (Fsp3) is 0.529. The highest BCUT2D eigenvalue weighted by Crippen LogP contribution is 2.12. The Morgan fingerprint density at radius 1 is 1.09 bits per heavy atom. The van der Waals surface area contributed by atoms with Gasteiger partial charge in [-0.15, -0.1) is 0 Å². The lowest BCUT2D eigenvalue weighted by Gasteiger charge is -2.08. The van der Waals surface area contributed by atoms with Crippen LogP contribution in [0.3, 0.4) is 0 Å². The van der Waals surface area contributed by atoms with Crippen LogP contribution in [-0.4, -0.2) is 25.0 Å². The molecule has 0 atom stereocenters. The maximum Gasteiger partial charge on any atom is 0.251 e. The van der Waals surface area contributed by atoms with Gasteiger partial charge in [-0.25, -0.2) is 0 Å². The Kier molecular flexibility index (Phi) is 8.72. The van der Waals surface area contributed by atoms with E-state index in [1.807, 2.05) is 0 Å². The van der Waals surface area contributed by atoms with Crippen LogP contribution in [-0.2, 0) is 4.79 Å². The summed E-state index contributed by atoms with van der Waals surface area (Å²) in [4.78, 5) is 22.1. The van der Waals surface area contributed by atoms with E-state index in [-0.39, 0.29) is 12.3 Å². The van der Waals surface area contributed by atoms with E-state index in [2.05, 4.69) is 12.2 Å². The van der Waals surface area contributed by atoms with Gasteiger partial charge in [0, 0.05) is 18.1 Å². The van der Waals surface area contributed by atoms with E-state index in [9.17, 15) is 14.7 Å². The first-order valence-corrected chi connectivity index (χ1v) is 7.84. The van der Waals surface area contributed by atoms with Gasteiger partial charge in [0.2, 0.25) is 0 Å². The van der Waals surface area contributed by atoms with E-state index >= 15 is 0 Å². The maximum atomic E-state index is 11.9. The molecule has 0 radical (unpaired) electrons. The molecular weight excluding hydrogens is 282 g/mol. The van der Waals surface area contributed by atoms with Crippen LogP contribution in [0.5, 0.6) is 5.75 Å². The lowest BCUT2D eigenvalue weighted by molar-refractivity contribution is -0.305. The molecule has 5 nitrogen and oxygen atoms in total. The van der Waals surface area contributed by atoms with Crippen molar-refractivity contribution >= 4 is 11.9 Å². The van der Waals surface area contributed by atoms with Crippen molar-refractivity contribution in [3.63, 3.8) is 0 Å². The predicted molar refractivity (Wildman–Crippen MR) is 82.7 cm³/mol. The van der Waals surface area contributed by atoms with Crippen LogP contribution >= 0.6 is 0 Å². The molecule has 122 valence electrons. The Labute approximate surface area is 131 Å². The fourth-order valence-electron chi connectivity index (χ4n) is 1.91. The Bertz CT molecular complexity index is 456. The minimum atomic E-state index is -1.02. The number of nitrogens with one attached hydrogen (secondary N) is 1. The van der Waals surface area contributed by atoms with Crippen LogP contribution in [0.15, 0.2) is 24.3 Å². The number of aliphatic carboxylic acids is 1. The normalized spacial score (nSPS) is 10.2. The molecule has 22 heavy (non-hydrogen) atoms. The first-order valence-electron chi connectivity index (χ1n) is 7.84. The molecule has 1 N–H and O–H groups in total. The topological polar surface area (TPSA) is 78.5 Å². The number of carboxylic acid groups (broad SMARTS) is 1. The Morgan fingerprint density at radius 3 is 2.45 bits per heavy atom. The molecule has 0 fully saturated rings. The van der Waals surface area contributed by atoms with Crippen molar-refractivity contribution in [3.05, 3.63) is 29.8 Å². The molecule has 0 aliphatic carbocycles. The van der Waals surface area contributed by atoms with Crippen LogP contribution in [0.1, 0.15) is 55.8 Å². The molecule has 1 aromatic carbocycles. The number of benzene rings is 1. The van der Waals surface area contributed by atoms with Crippen LogP contribution < -0.4 is 15.2 Å². The van der Waals surface area contributed by atoms with E-state index in [1.165, 1.54) is 0 Å². The second-order valence-electron chi connectivity index (χ2n) is 5.16. The van der Waals surface area contributed by atoms with Crippen LogP contribution in [0.25, 0.3) is 0 Å². The fourth-order valence-corrected chi connectivity index (χ4v) is 1.91. The standard InChI is InChI=1S/C17H25NO4/c1-2-3-13-22-15-10-8-14(9-11-15)17(21)18-12-6-4-5-7-16(19)20/h8-11H,2-7,12-13H2,1H3,(H,18,21)(H,19,20)/p-1. The lowest BCUT2D eigenvalue weighted by atomic mass is 10.2. The zero-order valence-electron chi connectivity index (χ0n) is 13.1. The smallest absolute Gasteiger partial charge is 0.251 e. The molecule has 0 saturated heterocycles. The van der Waals surface area contributed by atoms with Crippen molar-refractivity contribution in [3.8, 4) is 5.75 Å². The van der Waals surface area contributed by atoms with Crippen molar-refractivity contribution in [2.75, 3.05) is 13.2 Å². The van der Waals surface area contributed by atoms with Crippen molar-refractivity contribution in [2.45, 2.75) is 45.4 Å². The first kappa shape index (κ1) is 18.0. The number of carbonyl (C=O) groups excluding carboxylic acids is 2. The van der Waals surface area contributed by atoms with Crippen LogP contribution in [0.4, 0.5) is 0 Å². The van der Waals surface area contributed by atoms with Gasteiger partial charge in [-0.3, -0.25) is 4.79 Å². The molecule has 0 aliphatic heterocycles. The number of unbranched alkanes of at least 4 members (excludes halogenated alkanes) is 3. The van der Waals surface area contributed by atoms with Gasteiger partial charge in [0.1, 0.15) is 5.75 Å². The summed E-state index contributed by atoms with van der Waals surface area (Å²) < 4.78 is 5.54. The number of amides is 1. The quantitative estimate of drug-likeness (QED) is 0.633. The highest BCUT2D eigenvalue weighted by Gasteiger charge is 2.04. The number of hydrogen-bond donors (Lipinski definition) is 1. The molecule has 1 rings (SSSR count). The molecular formula is C17H24NO4-. The molecule has 0 saturated carbocycles. The highest BCUT2D eigenvalue weighted by atomic mass is 16.5. The number of rotatable bonds is 11. The van der Waals surface area contributed by atoms with Gasteiger partial charge in [0.05, 0.1) is 6.61 Å². The van der Waals surface area contributed by atoms with Crippen LogP contribution in [0.2, 0.25) is 0 Å². The highest BCUT2D eigenvalue weighted by molar-refractivity contribution is 5.94. The van der Waals surface area contributed by atoms with Crippen molar-refractivity contribution in [1.82, 2.24) is 5.32 Å². The predicted octanol–water partition coefficient (Wildman–Crippen LogP) is 1.91. The summed E-state index contributed by atoms with van der Waals surface area (Å²) in [6.07, 6.45) is 4.29. The number of carboxylic acids is 1. The van der Waals surface area contributed by atoms with Crippen LogP contribution in [0, 0.1) is 0 Å². The summed E-state index contributed by atoms with van der Waals surface area (Å²) in [7, 11) is 0. The molecule has 0 spiro atoms. The SMILES string of the molecule is CCCCOc1ccc(C(=O)NCCCCCC(=O)[O-])cc1. The zero-order valence-corrected chi connectivity index (χ0v) is 13.1. The molecule has 1 aromatic rings. The third kappa shape index (κ3) is 7.67. The van der Waals surface area contributed by atoms with Gasteiger partial charge < -0.3 is 20.0 Å². The number of ether oxygens (including phenoxy) is 1. The Balaban J connectivity index is 2.23. The van der Waals surface area contributed by atoms with E-state index < -0.39 is 5.97 Å². The summed E-state index contributed by atoms with van der Waals surface area (Å²) >= 11 is 0. The van der Waals surface area contributed by atoms with E-state index in [1.54, 1.807) is 24.3 Å². The van der Waals surface area contributed by atoms with Crippen molar-refractivity contribution in [1.29, 1.82) is 0 Å². The summed E-state index contributed by atoms with van der Waals surface area (Å²) in [5, 5.41) is 13.1. The first-order chi connectivity index (χ1) is 10.6. The van der Waals surface area contributed by atoms with Gasteiger partial charge in [0.15, 0.2) is 0 Å². The summed E-state index contributed by atoms with van der Waals surface area (Å²) in [6, 6.07) is 7.08. The summed E-state index contributed by atoms with van der Waals surface area (Å²) in [5.74, 6) is -0.377. The number of hydrogen-bond acceptors (Lipinski definition) is 4. The minimum absolute atomic E-state index is 0.0768. The molecule has 5 heteroatoms. The minimum Gasteiger partial charge on any atom is -0.550 e. The van der Waals surface area contributed by atoms with Gasteiger partial charge in [-0.1, -0.05) is 19.8 Å². The number of carbonyl (C=O) groups is 2. The van der Waals surface area contributed by atoms with Gasteiger partial charge in [0.25, 0.3) is 5.91 Å². The molecule has 1 amide bonds. The van der Waals surface area contributed by atoms with E-state index in [0.29, 0.717) is 25.1 Å². The van der Waals surface area contributed by atoms with Crippen molar-refractivity contribution in [2.24, 2.45) is 0 Å². The molecule has 0 unspecified atom stereocenters. The van der Waals surface area contributed by atoms with E-state index in [4.69, 9.17) is 4.74 Å². The zero-order chi connectivity index (χ0) is 16.2. The molecule has 0 bridgehead atoms. The molecule has 0 aromatic heterocycles. The molecule has 0 aliphatic rings. The third-order valence-electron chi connectivity index (χ3n) is 3.23. The van der Waals surface area contributed by atoms with Gasteiger partial charge >= 0.3 is 0 Å². The Hall–Kier alpha value is -2.04. The van der Waals surface area contributed by atoms with Gasteiger partial charge in [-0.2, -0.15) is 0 Å². The average Bonchev–Trinajstić information content (AvgIpc) is 2.51. The van der Waals surface area contributed by atoms with E-state index in [0.717, 1.165) is 31.4 Å².